The molecule has 9 heteroatoms. The van der Waals surface area contributed by atoms with Gasteiger partial charge in [0.2, 0.25) is 5.95 Å². The third-order valence-electron chi connectivity index (χ3n) is 6.31. The molecule has 1 aliphatic rings. The summed E-state index contributed by atoms with van der Waals surface area (Å²) in [6.45, 7) is 10.0. The van der Waals surface area contributed by atoms with Crippen molar-refractivity contribution in [2.75, 3.05) is 5.32 Å². The summed E-state index contributed by atoms with van der Waals surface area (Å²) in [5.41, 5.74) is 3.13. The van der Waals surface area contributed by atoms with Gasteiger partial charge in [-0.3, -0.25) is 4.79 Å². The maximum absolute atomic E-state index is 12.5. The van der Waals surface area contributed by atoms with E-state index in [0.717, 1.165) is 30.3 Å². The summed E-state index contributed by atoms with van der Waals surface area (Å²) in [5.74, 6) is 0.857. The highest BCUT2D eigenvalue weighted by Crippen LogP contribution is 2.46. The highest BCUT2D eigenvalue weighted by atomic mass is 19.4. The van der Waals surface area contributed by atoms with Crippen LogP contribution in [0.2, 0.25) is 0 Å². The number of esters is 1. The van der Waals surface area contributed by atoms with Crippen LogP contribution in [0.1, 0.15) is 58.6 Å². The lowest BCUT2D eigenvalue weighted by molar-refractivity contribution is -0.274. The van der Waals surface area contributed by atoms with Gasteiger partial charge in [0.1, 0.15) is 11.5 Å². The number of alkyl halides is 3. The fourth-order valence-electron chi connectivity index (χ4n) is 5.31. The summed E-state index contributed by atoms with van der Waals surface area (Å²) >= 11 is 0. The van der Waals surface area contributed by atoms with Crippen LogP contribution in [0.3, 0.4) is 0 Å². The zero-order chi connectivity index (χ0) is 25.5. The van der Waals surface area contributed by atoms with Crippen molar-refractivity contribution in [2.24, 2.45) is 11.3 Å². The Balaban J connectivity index is 1.76. The smallest absolute Gasteiger partial charge is 0.426 e. The lowest BCUT2D eigenvalue weighted by atomic mass is 9.70. The molecule has 0 radical (unpaired) electrons. The summed E-state index contributed by atoms with van der Waals surface area (Å²) in [7, 11) is 0. The Morgan fingerprint density at radius 3 is 2.46 bits per heavy atom. The van der Waals surface area contributed by atoms with Gasteiger partial charge in [-0.1, -0.05) is 20.8 Å². The van der Waals surface area contributed by atoms with Crippen LogP contribution in [-0.4, -0.2) is 21.9 Å². The molecule has 0 bridgehead atoms. The van der Waals surface area contributed by atoms with Gasteiger partial charge in [-0.25, -0.2) is 4.98 Å². The first-order chi connectivity index (χ1) is 16.3. The molecule has 0 spiro atoms. The minimum absolute atomic E-state index is 0.152. The number of imidazole rings is 1. The van der Waals surface area contributed by atoms with Gasteiger partial charge in [-0.15, -0.1) is 13.2 Å². The zero-order valence-corrected chi connectivity index (χ0v) is 20.5. The number of carbonyl (C=O) groups excluding carboxylic acids is 1. The number of fused-ring (bicyclic) bond motifs is 1. The van der Waals surface area contributed by atoms with E-state index in [4.69, 9.17) is 9.72 Å². The Morgan fingerprint density at radius 1 is 1.17 bits per heavy atom. The fourth-order valence-corrected chi connectivity index (χ4v) is 5.31. The number of halogens is 3. The molecule has 35 heavy (non-hydrogen) atoms. The van der Waals surface area contributed by atoms with Crippen molar-refractivity contribution >= 4 is 28.6 Å². The molecule has 3 aromatic rings. The zero-order valence-electron chi connectivity index (χ0n) is 20.5. The highest BCUT2D eigenvalue weighted by Gasteiger charge is 2.35. The second kappa shape index (κ2) is 9.09. The Bertz CT molecular complexity index is 1230. The maximum atomic E-state index is 12.5. The van der Waals surface area contributed by atoms with Gasteiger partial charge in [0.05, 0.1) is 11.0 Å². The molecule has 0 unspecified atom stereocenters. The molecule has 4 rings (SSSR count). The Labute approximate surface area is 202 Å². The van der Waals surface area contributed by atoms with E-state index in [-0.39, 0.29) is 17.2 Å². The predicted molar refractivity (Wildman–Crippen MR) is 128 cm³/mol. The number of aromatic nitrogens is 2. The SMILES string of the molecule is CC(=O)Oc1cc2nc(Nc3ccc(OC(F)(F)F)cc3)n([C@H]3C[C@@H](C)CC(C)(C)C3)c2cc1C. The van der Waals surface area contributed by atoms with E-state index in [9.17, 15) is 18.0 Å². The quantitative estimate of drug-likeness (QED) is 0.301. The van der Waals surface area contributed by atoms with E-state index < -0.39 is 12.3 Å². The monoisotopic (exact) mass is 489 g/mol. The molecule has 1 fully saturated rings. The van der Waals surface area contributed by atoms with Crippen molar-refractivity contribution in [1.29, 1.82) is 0 Å². The summed E-state index contributed by atoms with van der Waals surface area (Å²) in [6.07, 6.45) is -1.67. The van der Waals surface area contributed by atoms with Gasteiger partial charge >= 0.3 is 12.3 Å². The third kappa shape index (κ3) is 5.89. The first kappa shape index (κ1) is 24.9. The fraction of sp³-hybridized carbons (Fsp3) is 0.462. The molecule has 2 aromatic carbocycles. The van der Waals surface area contributed by atoms with Crippen LogP contribution in [-0.2, 0) is 4.79 Å². The van der Waals surface area contributed by atoms with Crippen molar-refractivity contribution < 1.29 is 27.4 Å². The van der Waals surface area contributed by atoms with Crippen LogP contribution in [0.4, 0.5) is 24.8 Å². The number of aryl methyl sites for hydroxylation is 1. The van der Waals surface area contributed by atoms with Crippen LogP contribution >= 0.6 is 0 Å². The maximum Gasteiger partial charge on any atom is 0.573 e. The van der Waals surface area contributed by atoms with Gasteiger partial charge in [0.15, 0.2) is 0 Å². The standard InChI is InChI=1S/C26H30F3N3O3/c1-15-10-19(14-25(4,5)13-15)32-22-11-16(2)23(34-17(3)33)12-21(22)31-24(32)30-18-6-8-20(9-7-18)35-26(27,28)29/h6-9,11-12,15,19H,10,13-14H2,1-5H3,(H,30,31)/t15-,19+/m1/s1. The summed E-state index contributed by atoms with van der Waals surface area (Å²) in [5, 5.41) is 3.28. The number of hydrogen-bond donors (Lipinski definition) is 1. The average molecular weight is 490 g/mol. The Morgan fingerprint density at radius 2 is 1.86 bits per heavy atom. The van der Waals surface area contributed by atoms with Gasteiger partial charge in [0, 0.05) is 24.7 Å². The van der Waals surface area contributed by atoms with Gasteiger partial charge in [-0.05, 0) is 73.4 Å². The molecule has 6 nitrogen and oxygen atoms in total. The molecule has 188 valence electrons. The third-order valence-corrected chi connectivity index (χ3v) is 6.31. The van der Waals surface area contributed by atoms with Gasteiger partial charge in [-0.2, -0.15) is 0 Å². The number of ether oxygens (including phenoxy) is 2. The van der Waals surface area contributed by atoms with Crippen LogP contribution < -0.4 is 14.8 Å². The van der Waals surface area contributed by atoms with Crippen LogP contribution in [0.25, 0.3) is 11.0 Å². The number of anilines is 2. The highest BCUT2D eigenvalue weighted by molar-refractivity contribution is 5.84. The molecule has 1 aromatic heterocycles. The van der Waals surface area contributed by atoms with Crippen molar-refractivity contribution in [2.45, 2.75) is 66.3 Å². The minimum Gasteiger partial charge on any atom is -0.426 e. The molecule has 0 saturated heterocycles. The molecule has 2 atom stereocenters. The van der Waals surface area contributed by atoms with Gasteiger partial charge in [0.25, 0.3) is 0 Å². The van der Waals surface area contributed by atoms with E-state index in [1.165, 1.54) is 31.2 Å². The molecule has 1 heterocycles. The first-order valence-electron chi connectivity index (χ1n) is 11.6. The molecule has 0 amide bonds. The number of nitrogens with one attached hydrogen (secondary N) is 1. The Kier molecular flexibility index (Phi) is 6.46. The topological polar surface area (TPSA) is 65.4 Å². The molecule has 1 saturated carbocycles. The lowest BCUT2D eigenvalue weighted by Crippen LogP contribution is -2.29. The molecular weight excluding hydrogens is 459 g/mol. The molecule has 1 aliphatic carbocycles. The molecule has 0 aliphatic heterocycles. The number of nitrogens with zero attached hydrogens (tertiary/aromatic N) is 2. The predicted octanol–water partition coefficient (Wildman–Crippen LogP) is 7.30. The Hall–Kier alpha value is -3.23. The number of benzene rings is 2. The van der Waals surface area contributed by atoms with Crippen molar-refractivity contribution in [1.82, 2.24) is 9.55 Å². The van der Waals surface area contributed by atoms with Crippen LogP contribution in [0.15, 0.2) is 36.4 Å². The average Bonchev–Trinajstić information content (AvgIpc) is 3.03. The minimum atomic E-state index is -4.75. The van der Waals surface area contributed by atoms with E-state index >= 15 is 0 Å². The first-order valence-corrected chi connectivity index (χ1v) is 11.6. The van der Waals surface area contributed by atoms with Crippen molar-refractivity contribution in [3.63, 3.8) is 0 Å². The summed E-state index contributed by atoms with van der Waals surface area (Å²) < 4.78 is 49.1. The van der Waals surface area contributed by atoms with Crippen molar-refractivity contribution in [3.05, 3.63) is 42.0 Å². The second-order valence-corrected chi connectivity index (χ2v) is 10.3. The van der Waals surface area contributed by atoms with E-state index in [1.54, 1.807) is 6.07 Å². The lowest BCUT2D eigenvalue weighted by Gasteiger charge is -2.40. The number of rotatable bonds is 5. The molecule has 1 N–H and O–H groups in total. The normalized spacial score (nSPS) is 20.0. The van der Waals surface area contributed by atoms with E-state index in [1.807, 2.05) is 13.0 Å². The largest absolute Gasteiger partial charge is 0.573 e. The van der Waals surface area contributed by atoms with Crippen molar-refractivity contribution in [3.8, 4) is 11.5 Å². The van der Waals surface area contributed by atoms with E-state index in [0.29, 0.717) is 28.8 Å². The second-order valence-electron chi connectivity index (χ2n) is 10.3. The summed E-state index contributed by atoms with van der Waals surface area (Å²) in [6, 6.07) is 9.47. The number of hydrogen-bond acceptors (Lipinski definition) is 5. The van der Waals surface area contributed by atoms with Gasteiger partial charge < -0.3 is 19.4 Å². The van der Waals surface area contributed by atoms with Crippen LogP contribution in [0, 0.1) is 18.3 Å². The molecular formula is C26H30F3N3O3. The summed E-state index contributed by atoms with van der Waals surface area (Å²) in [4.78, 5) is 16.3. The van der Waals surface area contributed by atoms with E-state index in [2.05, 4.69) is 35.4 Å². The van der Waals surface area contributed by atoms with Crippen LogP contribution in [0.5, 0.6) is 11.5 Å². The number of carbonyl (C=O) groups is 1.